The van der Waals surface area contributed by atoms with E-state index < -0.39 is 17.7 Å². The first-order valence-electron chi connectivity index (χ1n) is 8.87. The van der Waals surface area contributed by atoms with Gasteiger partial charge in [-0.25, -0.2) is 0 Å². The lowest BCUT2D eigenvalue weighted by Gasteiger charge is -2.27. The van der Waals surface area contributed by atoms with Gasteiger partial charge in [0.15, 0.2) is 0 Å². The highest BCUT2D eigenvalue weighted by atomic mass is 16.5. The molecule has 0 aromatic carbocycles. The van der Waals surface area contributed by atoms with Crippen LogP contribution < -0.4 is 0 Å². The van der Waals surface area contributed by atoms with Gasteiger partial charge in [-0.2, -0.15) is 0 Å². The van der Waals surface area contributed by atoms with E-state index in [0.29, 0.717) is 24.3 Å². The molecule has 0 bridgehead atoms. The lowest BCUT2D eigenvalue weighted by atomic mass is 9.96. The summed E-state index contributed by atoms with van der Waals surface area (Å²) in [6.07, 6.45) is 7.95. The van der Waals surface area contributed by atoms with Crippen LogP contribution in [0.4, 0.5) is 0 Å². The largest absolute Gasteiger partial charge is 0.507 e. The average molecular weight is 365 g/mol. The molecule has 4 heterocycles. The predicted molar refractivity (Wildman–Crippen MR) is 96.5 cm³/mol. The summed E-state index contributed by atoms with van der Waals surface area (Å²) in [7, 11) is 0. The number of ketones is 1. The number of rotatable bonds is 4. The quantitative estimate of drug-likeness (QED) is 0.507. The Morgan fingerprint density at radius 2 is 2.00 bits per heavy atom. The molecule has 138 valence electrons. The lowest BCUT2D eigenvalue weighted by molar-refractivity contribution is -0.140. The summed E-state index contributed by atoms with van der Waals surface area (Å²) in [5.41, 5.74) is 1.18. The van der Waals surface area contributed by atoms with Crippen LogP contribution in [0.25, 0.3) is 5.76 Å². The molecule has 2 saturated heterocycles. The topological polar surface area (TPSA) is 92.6 Å². The third-order valence-electron chi connectivity index (χ3n) is 4.92. The first-order chi connectivity index (χ1) is 13.2. The van der Waals surface area contributed by atoms with Crippen LogP contribution in [-0.2, 0) is 14.3 Å². The van der Waals surface area contributed by atoms with Gasteiger partial charge in [0.1, 0.15) is 5.76 Å². The summed E-state index contributed by atoms with van der Waals surface area (Å²) in [5.74, 6) is -1.54. The van der Waals surface area contributed by atoms with Crippen LogP contribution in [0.2, 0.25) is 0 Å². The van der Waals surface area contributed by atoms with Crippen molar-refractivity contribution in [1.82, 2.24) is 14.9 Å². The Labute approximate surface area is 156 Å². The number of aliphatic hydroxyl groups is 1. The zero-order chi connectivity index (χ0) is 18.8. The zero-order valence-electron chi connectivity index (χ0n) is 14.6. The van der Waals surface area contributed by atoms with Crippen LogP contribution in [0, 0.1) is 0 Å². The van der Waals surface area contributed by atoms with Gasteiger partial charge in [-0.15, -0.1) is 0 Å². The number of Topliss-reactive ketones (excluding diaryl/α,β-unsaturated/α-hetero) is 1. The molecule has 4 rings (SSSR count). The molecule has 0 aliphatic carbocycles. The second kappa shape index (κ2) is 7.28. The van der Waals surface area contributed by atoms with Gasteiger partial charge in [0.05, 0.1) is 17.7 Å². The molecule has 1 N–H and O–H groups in total. The Kier molecular flexibility index (Phi) is 4.68. The highest BCUT2D eigenvalue weighted by molar-refractivity contribution is 6.46. The van der Waals surface area contributed by atoms with Crippen LogP contribution in [0.5, 0.6) is 0 Å². The molecule has 7 nitrogen and oxygen atoms in total. The maximum atomic E-state index is 12.8. The Balaban J connectivity index is 1.81. The minimum atomic E-state index is -0.698. The molecule has 2 aliphatic heterocycles. The SMILES string of the molecule is O=C1C(=O)N(CC2CCCO2)C(c2cccnc2)/C1=C(/O)c1ccncc1. The minimum absolute atomic E-state index is 0.0668. The fourth-order valence-electron chi connectivity index (χ4n) is 3.63. The van der Waals surface area contributed by atoms with Gasteiger partial charge in [-0.05, 0) is 36.6 Å². The van der Waals surface area contributed by atoms with E-state index in [2.05, 4.69) is 9.97 Å². The first kappa shape index (κ1) is 17.4. The van der Waals surface area contributed by atoms with Gasteiger partial charge in [-0.3, -0.25) is 19.6 Å². The number of ether oxygens (including phenoxy) is 1. The van der Waals surface area contributed by atoms with Crippen molar-refractivity contribution in [1.29, 1.82) is 0 Å². The number of aromatic nitrogens is 2. The average Bonchev–Trinajstić information content (AvgIpc) is 3.31. The van der Waals surface area contributed by atoms with E-state index in [0.717, 1.165) is 12.8 Å². The van der Waals surface area contributed by atoms with Gasteiger partial charge in [-0.1, -0.05) is 6.07 Å². The summed E-state index contributed by atoms with van der Waals surface area (Å²) < 4.78 is 5.66. The van der Waals surface area contributed by atoms with E-state index in [4.69, 9.17) is 4.74 Å². The molecule has 2 fully saturated rings. The lowest BCUT2D eigenvalue weighted by Crippen LogP contribution is -2.36. The number of nitrogens with zero attached hydrogens (tertiary/aromatic N) is 3. The molecule has 2 atom stereocenters. The Bertz CT molecular complexity index is 877. The highest BCUT2D eigenvalue weighted by Gasteiger charge is 2.47. The summed E-state index contributed by atoms with van der Waals surface area (Å²) in [5, 5.41) is 10.8. The molecule has 0 radical (unpaired) electrons. The second-order valence-electron chi connectivity index (χ2n) is 6.61. The van der Waals surface area contributed by atoms with Crippen molar-refractivity contribution in [3.63, 3.8) is 0 Å². The van der Waals surface area contributed by atoms with Crippen LogP contribution >= 0.6 is 0 Å². The van der Waals surface area contributed by atoms with Crippen molar-refractivity contribution in [2.75, 3.05) is 13.2 Å². The third-order valence-corrected chi connectivity index (χ3v) is 4.92. The molecule has 7 heteroatoms. The second-order valence-corrected chi connectivity index (χ2v) is 6.61. The maximum absolute atomic E-state index is 12.8. The molecule has 2 aromatic rings. The van der Waals surface area contributed by atoms with E-state index in [1.807, 2.05) is 0 Å². The van der Waals surface area contributed by atoms with Crippen molar-refractivity contribution < 1.29 is 19.4 Å². The highest BCUT2D eigenvalue weighted by Crippen LogP contribution is 2.39. The molecule has 0 saturated carbocycles. The number of carbonyl (C=O) groups excluding carboxylic acids is 2. The van der Waals surface area contributed by atoms with E-state index in [9.17, 15) is 14.7 Å². The van der Waals surface area contributed by atoms with E-state index >= 15 is 0 Å². The standard InChI is InChI=1S/C20H19N3O4/c24-18(13-5-8-21-9-6-13)16-17(14-3-1-7-22-11-14)23(20(26)19(16)25)12-15-4-2-10-27-15/h1,3,5-9,11,15,17,24H,2,4,10,12H2/b18-16-. The Morgan fingerprint density at radius 3 is 2.67 bits per heavy atom. The fraction of sp³-hybridized carbons (Fsp3) is 0.300. The number of hydrogen-bond acceptors (Lipinski definition) is 6. The van der Waals surface area contributed by atoms with E-state index in [-0.39, 0.29) is 17.4 Å². The third kappa shape index (κ3) is 3.21. The van der Waals surface area contributed by atoms with E-state index in [1.165, 1.54) is 17.3 Å². The molecular formula is C20H19N3O4. The van der Waals surface area contributed by atoms with E-state index in [1.54, 1.807) is 36.7 Å². The van der Waals surface area contributed by atoms with Crippen LogP contribution in [0.1, 0.15) is 30.0 Å². The maximum Gasteiger partial charge on any atom is 0.295 e. The van der Waals surface area contributed by atoms with Crippen molar-refractivity contribution in [3.05, 3.63) is 65.8 Å². The number of pyridine rings is 2. The molecule has 2 aliphatic rings. The number of aliphatic hydroxyl groups excluding tert-OH is 1. The molecular weight excluding hydrogens is 346 g/mol. The molecule has 27 heavy (non-hydrogen) atoms. The summed E-state index contributed by atoms with van der Waals surface area (Å²) in [6.45, 7) is 0.959. The summed E-state index contributed by atoms with van der Waals surface area (Å²) >= 11 is 0. The van der Waals surface area contributed by atoms with Crippen LogP contribution in [-0.4, -0.2) is 50.9 Å². The van der Waals surface area contributed by atoms with Crippen molar-refractivity contribution in [2.24, 2.45) is 0 Å². The van der Waals surface area contributed by atoms with Crippen LogP contribution in [0.3, 0.4) is 0 Å². The summed E-state index contributed by atoms with van der Waals surface area (Å²) in [6, 6.07) is 6.04. The van der Waals surface area contributed by atoms with Crippen molar-refractivity contribution >= 4 is 17.4 Å². The van der Waals surface area contributed by atoms with Crippen molar-refractivity contribution in [3.8, 4) is 0 Å². The van der Waals surface area contributed by atoms with Gasteiger partial charge in [0.2, 0.25) is 0 Å². The normalized spacial score (nSPS) is 24.5. The zero-order valence-corrected chi connectivity index (χ0v) is 14.6. The predicted octanol–water partition coefficient (Wildman–Crippen LogP) is 2.08. The minimum Gasteiger partial charge on any atom is -0.507 e. The molecule has 2 unspecified atom stereocenters. The van der Waals surface area contributed by atoms with Gasteiger partial charge >= 0.3 is 0 Å². The van der Waals surface area contributed by atoms with Gasteiger partial charge < -0.3 is 14.7 Å². The number of amides is 1. The van der Waals surface area contributed by atoms with Gasteiger partial charge in [0.25, 0.3) is 11.7 Å². The Morgan fingerprint density at radius 1 is 1.19 bits per heavy atom. The Hall–Kier alpha value is -3.06. The molecule has 1 amide bonds. The van der Waals surface area contributed by atoms with Gasteiger partial charge in [0, 0.05) is 43.5 Å². The molecule has 0 spiro atoms. The number of carbonyl (C=O) groups is 2. The smallest absolute Gasteiger partial charge is 0.295 e. The fourth-order valence-corrected chi connectivity index (χ4v) is 3.63. The number of likely N-dealkylation sites (tertiary alicyclic amines) is 1. The van der Waals surface area contributed by atoms with Crippen molar-refractivity contribution in [2.45, 2.75) is 25.0 Å². The van der Waals surface area contributed by atoms with Crippen LogP contribution in [0.15, 0.2) is 54.6 Å². The number of hydrogen-bond donors (Lipinski definition) is 1. The monoisotopic (exact) mass is 365 g/mol. The summed E-state index contributed by atoms with van der Waals surface area (Å²) in [4.78, 5) is 35.1. The first-order valence-corrected chi connectivity index (χ1v) is 8.87. The molecule has 2 aromatic heterocycles.